The smallest absolute Gasteiger partial charge is 0.301 e. The molecule has 0 spiro atoms. The number of carbonyl (C=O) groups excluding carboxylic acids is 2. The number of nitrogens with two attached hydrogens (primary N) is 1. The van der Waals surface area contributed by atoms with Gasteiger partial charge in [-0.3, -0.25) is 19.9 Å². The Morgan fingerprint density at radius 3 is 3.17 bits per heavy atom. The van der Waals surface area contributed by atoms with Crippen LogP contribution in [0.25, 0.3) is 0 Å². The van der Waals surface area contributed by atoms with Crippen molar-refractivity contribution in [2.45, 2.75) is 13.0 Å². The van der Waals surface area contributed by atoms with Crippen LogP contribution in [0.15, 0.2) is 16.7 Å². The zero-order valence-corrected chi connectivity index (χ0v) is 9.94. The van der Waals surface area contributed by atoms with Gasteiger partial charge in [-0.15, -0.1) is 0 Å². The zero-order valence-electron chi connectivity index (χ0n) is 9.94. The molecule has 0 unspecified atom stereocenters. The number of nitrogen functional groups attached to an aromatic ring is 1. The van der Waals surface area contributed by atoms with Crippen molar-refractivity contribution in [2.75, 3.05) is 19.6 Å². The highest BCUT2D eigenvalue weighted by Gasteiger charge is 2.19. The average molecular weight is 252 g/mol. The van der Waals surface area contributed by atoms with Gasteiger partial charge in [0.15, 0.2) is 5.76 Å². The Morgan fingerprint density at radius 1 is 1.56 bits per heavy atom. The molecule has 1 aromatic rings. The van der Waals surface area contributed by atoms with E-state index in [-0.39, 0.29) is 11.7 Å². The van der Waals surface area contributed by atoms with Crippen molar-refractivity contribution in [1.82, 2.24) is 15.6 Å². The second-order valence-electron chi connectivity index (χ2n) is 4.12. The summed E-state index contributed by atoms with van der Waals surface area (Å²) in [6.45, 7) is 2.60. The highest BCUT2D eigenvalue weighted by atomic mass is 16.3. The first-order valence-electron chi connectivity index (χ1n) is 5.77. The van der Waals surface area contributed by atoms with E-state index in [0.29, 0.717) is 26.1 Å². The van der Waals surface area contributed by atoms with E-state index in [0.717, 1.165) is 12.1 Å². The number of hydrogen-bond donors (Lipinski definition) is 3. The van der Waals surface area contributed by atoms with Crippen LogP contribution in [0.1, 0.15) is 22.5 Å². The monoisotopic (exact) mass is 252 g/mol. The van der Waals surface area contributed by atoms with Crippen LogP contribution < -0.4 is 16.6 Å². The standard InChI is InChI=1S/C11H16N4O3/c12-14-11(17)10-8(2-6-18-10)7-15-4-1-9(16)13-3-5-15/h2,6H,1,3-5,7,12H2,(H,13,16)(H,14,17). The molecular weight excluding hydrogens is 236 g/mol. The van der Waals surface area contributed by atoms with Gasteiger partial charge in [-0.2, -0.15) is 0 Å². The first kappa shape index (κ1) is 12.6. The van der Waals surface area contributed by atoms with Crippen LogP contribution in [0, 0.1) is 0 Å². The highest BCUT2D eigenvalue weighted by Crippen LogP contribution is 2.13. The Hall–Kier alpha value is -1.86. The number of furan rings is 1. The molecular formula is C11H16N4O3. The van der Waals surface area contributed by atoms with Crippen LogP contribution in [0.3, 0.4) is 0 Å². The van der Waals surface area contributed by atoms with Crippen molar-refractivity contribution in [1.29, 1.82) is 0 Å². The van der Waals surface area contributed by atoms with Crippen molar-refractivity contribution >= 4 is 11.8 Å². The molecule has 2 amide bonds. The molecule has 1 aromatic heterocycles. The number of amides is 2. The minimum absolute atomic E-state index is 0.0598. The summed E-state index contributed by atoms with van der Waals surface area (Å²) in [7, 11) is 0. The largest absolute Gasteiger partial charge is 0.459 e. The molecule has 0 aromatic carbocycles. The molecule has 7 nitrogen and oxygen atoms in total. The molecule has 7 heteroatoms. The summed E-state index contributed by atoms with van der Waals surface area (Å²) in [6, 6.07) is 1.74. The van der Waals surface area contributed by atoms with Crippen LogP contribution >= 0.6 is 0 Å². The number of carbonyl (C=O) groups is 2. The van der Waals surface area contributed by atoms with Gasteiger partial charge in [0.2, 0.25) is 5.91 Å². The van der Waals surface area contributed by atoms with Gasteiger partial charge in [0.1, 0.15) is 0 Å². The Kier molecular flexibility index (Phi) is 3.96. The molecule has 4 N–H and O–H groups in total. The minimum atomic E-state index is -0.445. The fourth-order valence-electron chi connectivity index (χ4n) is 1.94. The van der Waals surface area contributed by atoms with Crippen molar-refractivity contribution in [2.24, 2.45) is 5.84 Å². The molecule has 18 heavy (non-hydrogen) atoms. The number of rotatable bonds is 3. The van der Waals surface area contributed by atoms with Gasteiger partial charge in [-0.25, -0.2) is 5.84 Å². The summed E-state index contributed by atoms with van der Waals surface area (Å²) in [5, 5.41) is 2.80. The predicted molar refractivity (Wildman–Crippen MR) is 63.3 cm³/mol. The summed E-state index contributed by atoms with van der Waals surface area (Å²) >= 11 is 0. The number of nitrogens with one attached hydrogen (secondary N) is 2. The van der Waals surface area contributed by atoms with Gasteiger partial charge in [0.25, 0.3) is 0 Å². The third-order valence-corrected chi connectivity index (χ3v) is 2.88. The Labute approximate surface area is 104 Å². The van der Waals surface area contributed by atoms with E-state index in [1.165, 1.54) is 6.26 Å². The summed E-state index contributed by atoms with van der Waals surface area (Å²) in [5.41, 5.74) is 2.82. The maximum atomic E-state index is 11.4. The van der Waals surface area contributed by atoms with E-state index in [1.807, 2.05) is 5.43 Å². The molecule has 1 aliphatic rings. The van der Waals surface area contributed by atoms with Gasteiger partial charge < -0.3 is 9.73 Å². The summed E-state index contributed by atoms with van der Waals surface area (Å²) in [4.78, 5) is 24.8. The van der Waals surface area contributed by atoms with Crippen LogP contribution in [-0.4, -0.2) is 36.3 Å². The first-order chi connectivity index (χ1) is 8.70. The van der Waals surface area contributed by atoms with E-state index in [4.69, 9.17) is 10.3 Å². The van der Waals surface area contributed by atoms with Gasteiger partial charge in [0.05, 0.1) is 6.26 Å². The summed E-state index contributed by atoms with van der Waals surface area (Å²) < 4.78 is 5.11. The molecule has 0 aliphatic carbocycles. The van der Waals surface area contributed by atoms with E-state index >= 15 is 0 Å². The normalized spacial score (nSPS) is 17.1. The van der Waals surface area contributed by atoms with Crippen molar-refractivity contribution in [3.63, 3.8) is 0 Å². The van der Waals surface area contributed by atoms with Crippen molar-refractivity contribution in [3.05, 3.63) is 23.7 Å². The van der Waals surface area contributed by atoms with E-state index in [1.54, 1.807) is 6.07 Å². The number of hydrogen-bond acceptors (Lipinski definition) is 5. The van der Waals surface area contributed by atoms with Gasteiger partial charge in [-0.1, -0.05) is 0 Å². The van der Waals surface area contributed by atoms with Gasteiger partial charge in [0, 0.05) is 38.2 Å². The SMILES string of the molecule is NNC(=O)c1occc1CN1CCNC(=O)CC1. The molecule has 2 heterocycles. The average Bonchev–Trinajstić information content (AvgIpc) is 2.73. The summed E-state index contributed by atoms with van der Waals surface area (Å²) in [5.74, 6) is 4.92. The molecule has 1 fully saturated rings. The van der Waals surface area contributed by atoms with Gasteiger partial charge in [-0.05, 0) is 6.07 Å². The lowest BCUT2D eigenvalue weighted by molar-refractivity contribution is -0.120. The number of nitrogens with zero attached hydrogens (tertiary/aromatic N) is 1. The van der Waals surface area contributed by atoms with E-state index < -0.39 is 5.91 Å². The molecule has 0 saturated carbocycles. The van der Waals surface area contributed by atoms with Crippen LogP contribution in [0.2, 0.25) is 0 Å². The summed E-state index contributed by atoms with van der Waals surface area (Å²) in [6.07, 6.45) is 1.93. The maximum absolute atomic E-state index is 11.4. The third kappa shape index (κ3) is 2.88. The highest BCUT2D eigenvalue weighted by molar-refractivity contribution is 5.92. The van der Waals surface area contributed by atoms with Crippen molar-refractivity contribution < 1.29 is 14.0 Å². The number of hydrazine groups is 1. The van der Waals surface area contributed by atoms with Crippen LogP contribution in [0.5, 0.6) is 0 Å². The maximum Gasteiger partial charge on any atom is 0.301 e. The molecule has 2 rings (SSSR count). The first-order valence-corrected chi connectivity index (χ1v) is 5.77. The molecule has 98 valence electrons. The fraction of sp³-hybridized carbons (Fsp3) is 0.455. The predicted octanol–water partition coefficient (Wildman–Crippen LogP) is -0.795. The Bertz CT molecular complexity index is 443. The molecule has 0 radical (unpaired) electrons. The van der Waals surface area contributed by atoms with E-state index in [9.17, 15) is 9.59 Å². The van der Waals surface area contributed by atoms with Crippen LogP contribution in [-0.2, 0) is 11.3 Å². The molecule has 0 atom stereocenters. The third-order valence-electron chi connectivity index (χ3n) is 2.88. The molecule has 0 bridgehead atoms. The molecule has 1 saturated heterocycles. The lowest BCUT2D eigenvalue weighted by atomic mass is 10.2. The lowest BCUT2D eigenvalue weighted by Crippen LogP contribution is -2.32. The zero-order chi connectivity index (χ0) is 13.0. The van der Waals surface area contributed by atoms with Crippen LogP contribution in [0.4, 0.5) is 0 Å². The van der Waals surface area contributed by atoms with Crippen molar-refractivity contribution in [3.8, 4) is 0 Å². The topological polar surface area (TPSA) is 101 Å². The quantitative estimate of drug-likeness (QED) is 0.371. The molecule has 1 aliphatic heterocycles. The second-order valence-corrected chi connectivity index (χ2v) is 4.12. The minimum Gasteiger partial charge on any atom is -0.459 e. The Balaban J connectivity index is 2.02. The fourth-order valence-corrected chi connectivity index (χ4v) is 1.94. The Morgan fingerprint density at radius 2 is 2.39 bits per heavy atom. The second kappa shape index (κ2) is 5.65. The lowest BCUT2D eigenvalue weighted by Gasteiger charge is -2.18. The van der Waals surface area contributed by atoms with Gasteiger partial charge >= 0.3 is 5.91 Å². The van der Waals surface area contributed by atoms with E-state index in [2.05, 4.69) is 10.2 Å².